The van der Waals surface area contributed by atoms with Crippen molar-refractivity contribution in [2.24, 2.45) is 7.05 Å². The van der Waals surface area contributed by atoms with Crippen LogP contribution in [0.3, 0.4) is 0 Å². The molecule has 0 bridgehead atoms. The zero-order valence-corrected chi connectivity index (χ0v) is 18.6. The van der Waals surface area contributed by atoms with Gasteiger partial charge in [0.15, 0.2) is 5.16 Å². The van der Waals surface area contributed by atoms with Crippen molar-refractivity contribution in [3.63, 3.8) is 0 Å². The molecule has 2 aromatic heterocycles. The van der Waals surface area contributed by atoms with Crippen molar-refractivity contribution in [2.45, 2.75) is 19.0 Å². The number of carbonyl (C=O) groups is 1. The second-order valence-electron chi connectivity index (χ2n) is 7.00. The maximum absolute atomic E-state index is 12.7. The first-order chi connectivity index (χ1) is 14.4. The Hall–Kier alpha value is -2.90. The number of rotatable bonds is 5. The third kappa shape index (κ3) is 4.04. The van der Waals surface area contributed by atoms with Crippen LogP contribution >= 0.6 is 23.1 Å². The Morgan fingerprint density at radius 1 is 1.07 bits per heavy atom. The SMILES string of the molecule is Cc1sc2nc(SCC(=O)Nc3ccc(-c4ccccc4)cc3)n(C)c(=O)c2c1C. The van der Waals surface area contributed by atoms with E-state index in [1.54, 1.807) is 7.05 Å². The zero-order valence-electron chi connectivity index (χ0n) is 16.9. The van der Waals surface area contributed by atoms with E-state index in [1.807, 2.05) is 56.3 Å². The Labute approximate surface area is 182 Å². The Morgan fingerprint density at radius 3 is 2.43 bits per heavy atom. The summed E-state index contributed by atoms with van der Waals surface area (Å²) in [5.74, 6) is 0.0376. The van der Waals surface area contributed by atoms with Gasteiger partial charge in [-0.1, -0.05) is 54.2 Å². The molecule has 1 N–H and O–H groups in total. The number of nitrogens with one attached hydrogen (secondary N) is 1. The molecule has 30 heavy (non-hydrogen) atoms. The Bertz CT molecular complexity index is 1280. The van der Waals surface area contributed by atoms with E-state index in [0.29, 0.717) is 10.5 Å². The van der Waals surface area contributed by atoms with Gasteiger partial charge in [0.25, 0.3) is 5.56 Å². The second kappa shape index (κ2) is 8.45. The van der Waals surface area contributed by atoms with Crippen LogP contribution in [0.1, 0.15) is 10.4 Å². The number of hydrogen-bond acceptors (Lipinski definition) is 5. The average molecular weight is 436 g/mol. The van der Waals surface area contributed by atoms with Crippen LogP contribution in [0.15, 0.2) is 64.5 Å². The number of aryl methyl sites for hydroxylation is 2. The number of fused-ring (bicyclic) bond motifs is 1. The number of thiophene rings is 1. The lowest BCUT2D eigenvalue weighted by molar-refractivity contribution is -0.113. The zero-order chi connectivity index (χ0) is 21.3. The molecule has 4 rings (SSSR count). The molecular weight excluding hydrogens is 414 g/mol. The minimum absolute atomic E-state index is 0.0683. The van der Waals surface area contributed by atoms with Crippen molar-refractivity contribution >= 4 is 44.9 Å². The van der Waals surface area contributed by atoms with Gasteiger partial charge in [0, 0.05) is 17.6 Å². The summed E-state index contributed by atoms with van der Waals surface area (Å²) < 4.78 is 1.52. The summed E-state index contributed by atoms with van der Waals surface area (Å²) in [4.78, 5) is 31.5. The smallest absolute Gasteiger partial charge is 0.262 e. The van der Waals surface area contributed by atoms with Gasteiger partial charge >= 0.3 is 0 Å². The third-order valence-corrected chi connectivity index (χ3v) is 7.11. The first-order valence-corrected chi connectivity index (χ1v) is 11.3. The van der Waals surface area contributed by atoms with Gasteiger partial charge in [-0.05, 0) is 42.7 Å². The van der Waals surface area contributed by atoms with E-state index in [4.69, 9.17) is 0 Å². The number of carbonyl (C=O) groups excluding carboxylic acids is 1. The van der Waals surface area contributed by atoms with E-state index in [2.05, 4.69) is 22.4 Å². The van der Waals surface area contributed by atoms with Crippen molar-refractivity contribution < 1.29 is 4.79 Å². The Kier molecular flexibility index (Phi) is 5.74. The number of thioether (sulfide) groups is 1. The molecule has 7 heteroatoms. The molecule has 0 aliphatic heterocycles. The molecule has 0 radical (unpaired) electrons. The molecule has 0 fully saturated rings. The van der Waals surface area contributed by atoms with Crippen molar-refractivity contribution in [3.05, 3.63) is 75.4 Å². The summed E-state index contributed by atoms with van der Waals surface area (Å²) in [6.07, 6.45) is 0. The summed E-state index contributed by atoms with van der Waals surface area (Å²) in [7, 11) is 1.70. The highest BCUT2D eigenvalue weighted by Gasteiger charge is 2.15. The van der Waals surface area contributed by atoms with Crippen LogP contribution in [-0.4, -0.2) is 21.2 Å². The van der Waals surface area contributed by atoms with Gasteiger partial charge < -0.3 is 5.32 Å². The normalized spacial score (nSPS) is 11.0. The number of hydrogen-bond donors (Lipinski definition) is 1. The summed E-state index contributed by atoms with van der Waals surface area (Å²) in [5, 5.41) is 4.12. The van der Waals surface area contributed by atoms with Crippen LogP contribution < -0.4 is 10.9 Å². The molecule has 0 aliphatic carbocycles. The highest BCUT2D eigenvalue weighted by molar-refractivity contribution is 7.99. The quantitative estimate of drug-likeness (QED) is 0.354. The lowest BCUT2D eigenvalue weighted by Gasteiger charge is -2.09. The fraction of sp³-hybridized carbons (Fsp3) is 0.174. The molecule has 1 amide bonds. The molecule has 4 aromatic rings. The topological polar surface area (TPSA) is 64.0 Å². The van der Waals surface area contributed by atoms with Gasteiger partial charge in [0.2, 0.25) is 5.91 Å². The van der Waals surface area contributed by atoms with E-state index < -0.39 is 0 Å². The van der Waals surface area contributed by atoms with Crippen molar-refractivity contribution in [3.8, 4) is 11.1 Å². The second-order valence-corrected chi connectivity index (χ2v) is 9.15. The molecule has 2 aromatic carbocycles. The monoisotopic (exact) mass is 435 g/mol. The fourth-order valence-corrected chi connectivity index (χ4v) is 5.03. The molecular formula is C23H21N3O2S2. The lowest BCUT2D eigenvalue weighted by Crippen LogP contribution is -2.21. The summed E-state index contributed by atoms with van der Waals surface area (Å²) in [6.45, 7) is 3.94. The van der Waals surface area contributed by atoms with Crippen LogP contribution in [0.4, 0.5) is 5.69 Å². The molecule has 2 heterocycles. The average Bonchev–Trinajstić information content (AvgIpc) is 3.04. The number of amides is 1. The summed E-state index contributed by atoms with van der Waals surface area (Å²) in [5.41, 5.74) is 3.88. The maximum atomic E-state index is 12.7. The van der Waals surface area contributed by atoms with Crippen LogP contribution in [0.25, 0.3) is 21.3 Å². The first kappa shape index (κ1) is 20.4. The fourth-order valence-electron chi connectivity index (χ4n) is 3.19. The Morgan fingerprint density at radius 2 is 1.73 bits per heavy atom. The largest absolute Gasteiger partial charge is 0.325 e. The number of anilines is 1. The Balaban J connectivity index is 1.44. The highest BCUT2D eigenvalue weighted by atomic mass is 32.2. The molecule has 0 atom stereocenters. The third-order valence-electron chi connectivity index (χ3n) is 4.98. The van der Waals surface area contributed by atoms with Crippen molar-refractivity contribution in [1.29, 1.82) is 0 Å². The molecule has 0 aliphatic rings. The molecule has 0 unspecified atom stereocenters. The van der Waals surface area contributed by atoms with Crippen LogP contribution in [0.2, 0.25) is 0 Å². The summed E-state index contributed by atoms with van der Waals surface area (Å²) in [6, 6.07) is 17.8. The molecule has 0 spiro atoms. The van der Waals surface area contributed by atoms with Gasteiger partial charge in [0.05, 0.1) is 11.1 Å². The van der Waals surface area contributed by atoms with Gasteiger partial charge in [-0.3, -0.25) is 14.2 Å². The van der Waals surface area contributed by atoms with E-state index in [-0.39, 0.29) is 17.2 Å². The molecule has 0 saturated heterocycles. The molecule has 0 saturated carbocycles. The standard InChI is InChI=1S/C23H21N3O2S2/c1-14-15(2)30-21-20(14)22(28)26(3)23(25-21)29-13-19(27)24-18-11-9-17(10-12-18)16-7-5-4-6-8-16/h4-12H,13H2,1-3H3,(H,24,27). The lowest BCUT2D eigenvalue weighted by atomic mass is 10.1. The van der Waals surface area contributed by atoms with Gasteiger partial charge in [-0.15, -0.1) is 11.3 Å². The predicted octanol–water partition coefficient (Wildman–Crippen LogP) is 5.01. The summed E-state index contributed by atoms with van der Waals surface area (Å²) >= 11 is 2.78. The van der Waals surface area contributed by atoms with Crippen molar-refractivity contribution in [1.82, 2.24) is 9.55 Å². The van der Waals surface area contributed by atoms with Crippen LogP contribution in [0, 0.1) is 13.8 Å². The molecule has 152 valence electrons. The highest BCUT2D eigenvalue weighted by Crippen LogP contribution is 2.28. The van der Waals surface area contributed by atoms with Crippen LogP contribution in [-0.2, 0) is 11.8 Å². The molecule has 5 nitrogen and oxygen atoms in total. The minimum atomic E-state index is -0.139. The van der Waals surface area contributed by atoms with Gasteiger partial charge in [-0.25, -0.2) is 4.98 Å². The maximum Gasteiger partial charge on any atom is 0.262 e. The van der Waals surface area contributed by atoms with E-state index >= 15 is 0 Å². The minimum Gasteiger partial charge on any atom is -0.325 e. The van der Waals surface area contributed by atoms with E-state index in [9.17, 15) is 9.59 Å². The first-order valence-electron chi connectivity index (χ1n) is 9.49. The van der Waals surface area contributed by atoms with Crippen LogP contribution in [0.5, 0.6) is 0 Å². The van der Waals surface area contributed by atoms with Gasteiger partial charge in [0.1, 0.15) is 4.83 Å². The predicted molar refractivity (Wildman–Crippen MR) is 126 cm³/mol. The number of aromatic nitrogens is 2. The number of nitrogens with zero attached hydrogens (tertiary/aromatic N) is 2. The van der Waals surface area contributed by atoms with Crippen molar-refractivity contribution in [2.75, 3.05) is 11.1 Å². The van der Waals surface area contributed by atoms with E-state index in [0.717, 1.165) is 32.1 Å². The number of benzene rings is 2. The van der Waals surface area contributed by atoms with Gasteiger partial charge in [-0.2, -0.15) is 0 Å². The van der Waals surface area contributed by atoms with E-state index in [1.165, 1.54) is 27.7 Å².